The standard InChI is InChI=1S/C20H27N3O/c1-3-22-13-15-12-21-19-17(10-7-11-18(19)24-2)20(15)23(14-22)16-8-5-4-6-9-16/h7,10-12,16H,3-6,8-9,13-14H2,1-2H3. The number of hydrogen-bond donors (Lipinski definition) is 0. The average Bonchev–Trinajstić information content (AvgIpc) is 2.66. The maximum atomic E-state index is 5.55. The molecule has 24 heavy (non-hydrogen) atoms. The monoisotopic (exact) mass is 325 g/mol. The molecule has 0 unspecified atom stereocenters. The number of nitrogens with zero attached hydrogens (tertiary/aromatic N) is 3. The molecule has 0 spiro atoms. The summed E-state index contributed by atoms with van der Waals surface area (Å²) in [7, 11) is 1.73. The summed E-state index contributed by atoms with van der Waals surface area (Å²) in [4.78, 5) is 9.91. The van der Waals surface area contributed by atoms with E-state index < -0.39 is 0 Å². The van der Waals surface area contributed by atoms with Crippen LogP contribution in [0.3, 0.4) is 0 Å². The van der Waals surface area contributed by atoms with Crippen LogP contribution >= 0.6 is 0 Å². The predicted molar refractivity (Wildman–Crippen MR) is 98.6 cm³/mol. The summed E-state index contributed by atoms with van der Waals surface area (Å²) in [6, 6.07) is 6.97. The van der Waals surface area contributed by atoms with E-state index >= 15 is 0 Å². The molecule has 0 radical (unpaired) electrons. The SMILES string of the molecule is CCN1Cc2cnc3c(OC)cccc3c2N(C2CCCCC2)C1. The zero-order valence-corrected chi connectivity index (χ0v) is 14.8. The summed E-state index contributed by atoms with van der Waals surface area (Å²) in [6.45, 7) is 5.36. The van der Waals surface area contributed by atoms with Crippen molar-refractivity contribution in [2.75, 3.05) is 25.2 Å². The second kappa shape index (κ2) is 6.60. The number of para-hydroxylation sites is 1. The third-order valence-corrected chi connectivity index (χ3v) is 5.62. The van der Waals surface area contributed by atoms with Gasteiger partial charge in [-0.05, 0) is 25.5 Å². The van der Waals surface area contributed by atoms with Gasteiger partial charge in [0.25, 0.3) is 0 Å². The third-order valence-electron chi connectivity index (χ3n) is 5.62. The van der Waals surface area contributed by atoms with Crippen LogP contribution in [0.4, 0.5) is 5.69 Å². The van der Waals surface area contributed by atoms with Crippen LogP contribution < -0.4 is 9.64 Å². The van der Waals surface area contributed by atoms with Gasteiger partial charge in [-0.25, -0.2) is 0 Å². The van der Waals surface area contributed by atoms with Gasteiger partial charge in [0.05, 0.1) is 19.5 Å². The summed E-state index contributed by atoms with van der Waals surface area (Å²) in [5, 5.41) is 1.24. The predicted octanol–water partition coefficient (Wildman–Crippen LogP) is 4.18. The molecule has 0 amide bonds. The fourth-order valence-electron chi connectivity index (χ4n) is 4.32. The van der Waals surface area contributed by atoms with Gasteiger partial charge >= 0.3 is 0 Å². The number of aromatic nitrogens is 1. The highest BCUT2D eigenvalue weighted by Gasteiger charge is 2.30. The van der Waals surface area contributed by atoms with Crippen LogP contribution in [0.15, 0.2) is 24.4 Å². The van der Waals surface area contributed by atoms with Gasteiger partial charge in [0.15, 0.2) is 0 Å². The molecule has 1 aliphatic heterocycles. The van der Waals surface area contributed by atoms with Gasteiger partial charge in [-0.1, -0.05) is 38.3 Å². The van der Waals surface area contributed by atoms with E-state index in [1.54, 1.807) is 7.11 Å². The van der Waals surface area contributed by atoms with Crippen molar-refractivity contribution in [2.24, 2.45) is 0 Å². The van der Waals surface area contributed by atoms with Crippen molar-refractivity contribution in [3.8, 4) is 5.75 Å². The second-order valence-electron chi connectivity index (χ2n) is 7.04. The largest absolute Gasteiger partial charge is 0.494 e. The molecule has 1 aromatic heterocycles. The Morgan fingerprint density at radius 1 is 1.21 bits per heavy atom. The molecule has 0 bridgehead atoms. The minimum absolute atomic E-state index is 0.656. The number of methoxy groups -OCH3 is 1. The molecular weight excluding hydrogens is 298 g/mol. The summed E-state index contributed by atoms with van der Waals surface area (Å²) in [5.74, 6) is 0.872. The Morgan fingerprint density at radius 2 is 2.04 bits per heavy atom. The molecule has 0 saturated heterocycles. The fraction of sp³-hybridized carbons (Fsp3) is 0.550. The van der Waals surface area contributed by atoms with Crippen molar-refractivity contribution in [1.82, 2.24) is 9.88 Å². The average molecular weight is 325 g/mol. The van der Waals surface area contributed by atoms with E-state index in [1.807, 2.05) is 6.07 Å². The zero-order chi connectivity index (χ0) is 16.5. The second-order valence-corrected chi connectivity index (χ2v) is 7.04. The minimum Gasteiger partial charge on any atom is -0.494 e. The van der Waals surface area contributed by atoms with Crippen LogP contribution in [0, 0.1) is 0 Å². The minimum atomic E-state index is 0.656. The lowest BCUT2D eigenvalue weighted by molar-refractivity contribution is 0.243. The van der Waals surface area contributed by atoms with E-state index in [1.165, 1.54) is 48.7 Å². The van der Waals surface area contributed by atoms with Crippen molar-refractivity contribution in [3.05, 3.63) is 30.0 Å². The highest BCUT2D eigenvalue weighted by atomic mass is 16.5. The number of ether oxygens (including phenoxy) is 1. The molecule has 1 fully saturated rings. The van der Waals surface area contributed by atoms with Crippen LogP contribution in [-0.2, 0) is 6.54 Å². The van der Waals surface area contributed by atoms with E-state index in [9.17, 15) is 0 Å². The van der Waals surface area contributed by atoms with Gasteiger partial charge in [0.1, 0.15) is 11.3 Å². The van der Waals surface area contributed by atoms with E-state index in [0.29, 0.717) is 6.04 Å². The van der Waals surface area contributed by atoms with Gasteiger partial charge < -0.3 is 9.64 Å². The summed E-state index contributed by atoms with van der Waals surface area (Å²) < 4.78 is 5.55. The van der Waals surface area contributed by atoms with E-state index in [4.69, 9.17) is 9.72 Å². The molecule has 2 aliphatic rings. The molecule has 1 saturated carbocycles. The number of hydrogen-bond acceptors (Lipinski definition) is 4. The molecule has 128 valence electrons. The first-order chi connectivity index (χ1) is 11.8. The van der Waals surface area contributed by atoms with Crippen molar-refractivity contribution in [1.29, 1.82) is 0 Å². The van der Waals surface area contributed by atoms with Crippen molar-refractivity contribution >= 4 is 16.6 Å². The summed E-state index contributed by atoms with van der Waals surface area (Å²) in [6.07, 6.45) is 8.79. The number of pyridine rings is 1. The Kier molecular flexibility index (Phi) is 4.31. The van der Waals surface area contributed by atoms with Crippen molar-refractivity contribution < 1.29 is 4.74 Å². The van der Waals surface area contributed by atoms with Crippen LogP contribution in [0.1, 0.15) is 44.6 Å². The lowest BCUT2D eigenvalue weighted by Gasteiger charge is -2.44. The van der Waals surface area contributed by atoms with Gasteiger partial charge in [0, 0.05) is 29.7 Å². The maximum Gasteiger partial charge on any atom is 0.145 e. The van der Waals surface area contributed by atoms with Gasteiger partial charge in [-0.3, -0.25) is 9.88 Å². The zero-order valence-electron chi connectivity index (χ0n) is 14.8. The first-order valence-electron chi connectivity index (χ1n) is 9.25. The quantitative estimate of drug-likeness (QED) is 0.846. The van der Waals surface area contributed by atoms with E-state index in [2.05, 4.69) is 35.1 Å². The molecule has 4 nitrogen and oxygen atoms in total. The molecule has 0 N–H and O–H groups in total. The van der Waals surface area contributed by atoms with E-state index in [-0.39, 0.29) is 0 Å². The molecular formula is C20H27N3O. The number of anilines is 1. The Morgan fingerprint density at radius 3 is 2.79 bits per heavy atom. The highest BCUT2D eigenvalue weighted by molar-refractivity contribution is 5.97. The lowest BCUT2D eigenvalue weighted by atomic mass is 9.92. The van der Waals surface area contributed by atoms with Crippen LogP contribution in [0.25, 0.3) is 10.9 Å². The first-order valence-corrected chi connectivity index (χ1v) is 9.25. The Labute approximate surface area is 144 Å². The molecule has 1 aliphatic carbocycles. The Hall–Kier alpha value is -1.81. The summed E-state index contributed by atoms with van der Waals surface area (Å²) in [5.41, 5.74) is 3.74. The maximum absolute atomic E-state index is 5.55. The number of benzene rings is 1. The van der Waals surface area contributed by atoms with Crippen molar-refractivity contribution in [3.63, 3.8) is 0 Å². The summed E-state index contributed by atoms with van der Waals surface area (Å²) >= 11 is 0. The smallest absolute Gasteiger partial charge is 0.145 e. The molecule has 4 rings (SSSR count). The van der Waals surface area contributed by atoms with Crippen LogP contribution in [0.2, 0.25) is 0 Å². The Balaban J connectivity index is 1.86. The molecule has 2 aromatic rings. The highest BCUT2D eigenvalue weighted by Crippen LogP contribution is 2.39. The lowest BCUT2D eigenvalue weighted by Crippen LogP contribution is -2.48. The van der Waals surface area contributed by atoms with Crippen LogP contribution in [0.5, 0.6) is 5.75 Å². The molecule has 2 heterocycles. The first kappa shape index (κ1) is 15.7. The number of fused-ring (bicyclic) bond motifs is 3. The third kappa shape index (κ3) is 2.63. The number of rotatable bonds is 3. The van der Waals surface area contributed by atoms with Crippen molar-refractivity contribution in [2.45, 2.75) is 51.6 Å². The van der Waals surface area contributed by atoms with E-state index in [0.717, 1.165) is 31.0 Å². The van der Waals surface area contributed by atoms with Gasteiger partial charge in [-0.2, -0.15) is 0 Å². The molecule has 1 aromatic carbocycles. The van der Waals surface area contributed by atoms with Crippen LogP contribution in [-0.4, -0.2) is 36.2 Å². The Bertz CT molecular complexity index is 724. The normalized spacial score (nSPS) is 19.5. The topological polar surface area (TPSA) is 28.6 Å². The molecule has 4 heteroatoms. The molecule has 0 atom stereocenters. The fourth-order valence-corrected chi connectivity index (χ4v) is 4.32. The van der Waals surface area contributed by atoms with Gasteiger partial charge in [0.2, 0.25) is 0 Å². The van der Waals surface area contributed by atoms with Gasteiger partial charge in [-0.15, -0.1) is 0 Å².